The molecular weight excluding hydrogens is 408 g/mol. The van der Waals surface area contributed by atoms with E-state index < -0.39 is 10.0 Å². The van der Waals surface area contributed by atoms with Crippen LogP contribution in [0.25, 0.3) is 10.9 Å². The SMILES string of the molecule is Cc1nc(CN(C)C(=O)c2sccc2S(=O)(=O)N2CCCC2)nc2ccccc12. The molecule has 152 valence electrons. The maximum atomic E-state index is 13.0. The predicted octanol–water partition coefficient (Wildman–Crippen LogP) is 3.06. The van der Waals surface area contributed by atoms with Gasteiger partial charge in [-0.1, -0.05) is 18.2 Å². The van der Waals surface area contributed by atoms with Crippen molar-refractivity contribution < 1.29 is 13.2 Å². The van der Waals surface area contributed by atoms with Crippen molar-refractivity contribution >= 4 is 38.2 Å². The van der Waals surface area contributed by atoms with Crippen molar-refractivity contribution in [2.75, 3.05) is 20.1 Å². The summed E-state index contributed by atoms with van der Waals surface area (Å²) in [6.45, 7) is 3.12. The van der Waals surface area contributed by atoms with E-state index in [-0.39, 0.29) is 22.2 Å². The average molecular weight is 431 g/mol. The standard InChI is InChI=1S/C20H22N4O3S2/c1-14-15-7-3-4-8-16(15)22-18(21-14)13-23(2)20(25)19-17(9-12-28-19)29(26,27)24-10-5-6-11-24/h3-4,7-9,12H,5-6,10-11,13H2,1-2H3. The molecule has 0 unspecified atom stereocenters. The molecule has 0 N–H and O–H groups in total. The Morgan fingerprint density at radius 3 is 2.66 bits per heavy atom. The van der Waals surface area contributed by atoms with Gasteiger partial charge in [-0.3, -0.25) is 4.79 Å². The molecule has 0 bridgehead atoms. The van der Waals surface area contributed by atoms with Gasteiger partial charge in [-0.05, 0) is 37.3 Å². The first kappa shape index (κ1) is 19.9. The summed E-state index contributed by atoms with van der Waals surface area (Å²) < 4.78 is 27.3. The fourth-order valence-corrected chi connectivity index (χ4v) is 6.45. The van der Waals surface area contributed by atoms with Crippen LogP contribution in [0.4, 0.5) is 0 Å². The average Bonchev–Trinajstić information content (AvgIpc) is 3.40. The van der Waals surface area contributed by atoms with Gasteiger partial charge in [0.25, 0.3) is 5.91 Å². The minimum atomic E-state index is -3.65. The summed E-state index contributed by atoms with van der Waals surface area (Å²) in [7, 11) is -2.01. The summed E-state index contributed by atoms with van der Waals surface area (Å²) in [4.78, 5) is 23.9. The number of sulfonamides is 1. The molecule has 0 aliphatic carbocycles. The fourth-order valence-electron chi connectivity index (χ4n) is 3.55. The number of carbonyl (C=O) groups excluding carboxylic acids is 1. The van der Waals surface area contributed by atoms with Crippen LogP contribution in [0.1, 0.15) is 34.0 Å². The van der Waals surface area contributed by atoms with Gasteiger partial charge in [-0.25, -0.2) is 18.4 Å². The molecule has 0 spiro atoms. The van der Waals surface area contributed by atoms with Crippen LogP contribution in [0.3, 0.4) is 0 Å². The first-order valence-electron chi connectivity index (χ1n) is 9.43. The molecule has 1 fully saturated rings. The second kappa shape index (κ2) is 7.81. The Bertz CT molecular complexity index is 1170. The number of amides is 1. The Labute approximate surface area is 174 Å². The molecular formula is C20H22N4O3S2. The quantitative estimate of drug-likeness (QED) is 0.621. The molecule has 1 aliphatic heterocycles. The molecule has 7 nitrogen and oxygen atoms in total. The minimum absolute atomic E-state index is 0.0943. The number of carbonyl (C=O) groups is 1. The highest BCUT2D eigenvalue weighted by Crippen LogP contribution is 2.28. The van der Waals surface area contributed by atoms with Crippen molar-refractivity contribution in [2.45, 2.75) is 31.2 Å². The number of benzene rings is 1. The molecule has 1 amide bonds. The summed E-state index contributed by atoms with van der Waals surface area (Å²) in [5, 5.41) is 2.63. The van der Waals surface area contributed by atoms with Crippen molar-refractivity contribution in [3.63, 3.8) is 0 Å². The van der Waals surface area contributed by atoms with Gasteiger partial charge in [0.2, 0.25) is 10.0 Å². The van der Waals surface area contributed by atoms with E-state index >= 15 is 0 Å². The van der Waals surface area contributed by atoms with E-state index in [0.717, 1.165) is 40.8 Å². The number of fused-ring (bicyclic) bond motifs is 1. The fraction of sp³-hybridized carbons (Fsp3) is 0.350. The second-order valence-corrected chi connectivity index (χ2v) is 9.95. The summed E-state index contributed by atoms with van der Waals surface area (Å²) in [6.07, 6.45) is 1.70. The van der Waals surface area contributed by atoms with E-state index in [0.29, 0.717) is 18.9 Å². The van der Waals surface area contributed by atoms with Crippen LogP contribution in [0.2, 0.25) is 0 Å². The van der Waals surface area contributed by atoms with E-state index in [1.807, 2.05) is 31.2 Å². The van der Waals surface area contributed by atoms with E-state index in [2.05, 4.69) is 9.97 Å². The molecule has 1 aliphatic rings. The molecule has 1 aromatic carbocycles. The molecule has 9 heteroatoms. The lowest BCUT2D eigenvalue weighted by molar-refractivity contribution is 0.0782. The third kappa shape index (κ3) is 3.77. The monoisotopic (exact) mass is 430 g/mol. The zero-order chi connectivity index (χ0) is 20.6. The highest BCUT2D eigenvalue weighted by atomic mass is 32.2. The Kier molecular flexibility index (Phi) is 5.37. The zero-order valence-electron chi connectivity index (χ0n) is 16.3. The van der Waals surface area contributed by atoms with Gasteiger partial charge >= 0.3 is 0 Å². The van der Waals surface area contributed by atoms with E-state index in [1.54, 1.807) is 12.4 Å². The first-order valence-corrected chi connectivity index (χ1v) is 11.8. The summed E-state index contributed by atoms with van der Waals surface area (Å²) >= 11 is 1.15. The topological polar surface area (TPSA) is 83.5 Å². The van der Waals surface area contributed by atoms with Crippen LogP contribution in [0.5, 0.6) is 0 Å². The summed E-state index contributed by atoms with van der Waals surface area (Å²) in [5.74, 6) is 0.185. The van der Waals surface area contributed by atoms with Crippen molar-refractivity contribution in [3.8, 4) is 0 Å². The summed E-state index contributed by atoms with van der Waals surface area (Å²) in [5.41, 5.74) is 1.67. The largest absolute Gasteiger partial charge is 0.333 e. The van der Waals surface area contributed by atoms with Gasteiger partial charge in [-0.15, -0.1) is 11.3 Å². The normalized spacial score (nSPS) is 15.1. The molecule has 29 heavy (non-hydrogen) atoms. The lowest BCUT2D eigenvalue weighted by Gasteiger charge is -2.19. The highest BCUT2D eigenvalue weighted by molar-refractivity contribution is 7.89. The van der Waals surface area contributed by atoms with Gasteiger partial charge in [0.05, 0.1) is 12.1 Å². The van der Waals surface area contributed by atoms with E-state index in [1.165, 1.54) is 15.3 Å². The van der Waals surface area contributed by atoms with Gasteiger partial charge in [0, 0.05) is 31.2 Å². The number of nitrogens with zero attached hydrogens (tertiary/aromatic N) is 4. The Hall–Kier alpha value is -2.36. The first-order chi connectivity index (χ1) is 13.9. The van der Waals surface area contributed by atoms with Crippen LogP contribution in [-0.4, -0.2) is 53.6 Å². The third-order valence-electron chi connectivity index (χ3n) is 5.07. The van der Waals surface area contributed by atoms with Crippen LogP contribution >= 0.6 is 11.3 Å². The number of hydrogen-bond donors (Lipinski definition) is 0. The number of thiophene rings is 1. The van der Waals surface area contributed by atoms with Crippen molar-refractivity contribution in [1.29, 1.82) is 0 Å². The number of para-hydroxylation sites is 1. The van der Waals surface area contributed by atoms with Crippen LogP contribution < -0.4 is 0 Å². The Morgan fingerprint density at radius 2 is 1.90 bits per heavy atom. The maximum absolute atomic E-state index is 13.0. The van der Waals surface area contributed by atoms with Crippen LogP contribution in [0, 0.1) is 6.92 Å². The molecule has 2 aromatic heterocycles. The highest BCUT2D eigenvalue weighted by Gasteiger charge is 2.32. The number of rotatable bonds is 5. The van der Waals surface area contributed by atoms with Crippen molar-refractivity contribution in [3.05, 3.63) is 52.1 Å². The van der Waals surface area contributed by atoms with E-state index in [9.17, 15) is 13.2 Å². The zero-order valence-corrected chi connectivity index (χ0v) is 18.0. The lowest BCUT2D eigenvalue weighted by atomic mass is 10.2. The molecule has 0 saturated carbocycles. The third-order valence-corrected chi connectivity index (χ3v) is 8.04. The van der Waals surface area contributed by atoms with Crippen molar-refractivity contribution in [1.82, 2.24) is 19.2 Å². The van der Waals surface area contributed by atoms with Crippen LogP contribution in [-0.2, 0) is 16.6 Å². The molecule has 1 saturated heterocycles. The molecule has 0 radical (unpaired) electrons. The van der Waals surface area contributed by atoms with Crippen molar-refractivity contribution in [2.24, 2.45) is 0 Å². The van der Waals surface area contributed by atoms with Gasteiger partial charge in [0.15, 0.2) is 0 Å². The smallest absolute Gasteiger partial charge is 0.265 e. The number of aryl methyl sites for hydroxylation is 1. The Balaban J connectivity index is 1.59. The van der Waals surface area contributed by atoms with Crippen LogP contribution in [0.15, 0.2) is 40.6 Å². The molecule has 0 atom stereocenters. The van der Waals surface area contributed by atoms with E-state index in [4.69, 9.17) is 0 Å². The predicted molar refractivity (Wildman–Crippen MR) is 112 cm³/mol. The minimum Gasteiger partial charge on any atom is -0.333 e. The molecule has 3 heterocycles. The molecule has 3 aromatic rings. The van der Waals surface area contributed by atoms with Gasteiger partial charge < -0.3 is 4.90 Å². The second-order valence-electron chi connectivity index (χ2n) is 7.13. The Morgan fingerprint density at radius 1 is 1.17 bits per heavy atom. The maximum Gasteiger partial charge on any atom is 0.265 e. The lowest BCUT2D eigenvalue weighted by Crippen LogP contribution is -2.31. The summed E-state index contributed by atoms with van der Waals surface area (Å²) in [6, 6.07) is 9.25. The number of aromatic nitrogens is 2. The number of hydrogen-bond acceptors (Lipinski definition) is 6. The molecule has 4 rings (SSSR count). The van der Waals surface area contributed by atoms with Gasteiger partial charge in [-0.2, -0.15) is 4.31 Å². The van der Waals surface area contributed by atoms with Gasteiger partial charge in [0.1, 0.15) is 15.6 Å².